The Morgan fingerprint density at radius 3 is 1.31 bits per heavy atom. The Morgan fingerprint density at radius 1 is 0.743 bits per heavy atom. The van der Waals surface area contributed by atoms with Crippen molar-refractivity contribution in [1.29, 1.82) is 0 Å². The summed E-state index contributed by atoms with van der Waals surface area (Å²) >= 11 is -4.70. The summed E-state index contributed by atoms with van der Waals surface area (Å²) in [4.78, 5) is 25.8. The second-order valence-corrected chi connectivity index (χ2v) is 27.8. The zero-order chi connectivity index (χ0) is 26.3. The first-order valence-corrected chi connectivity index (χ1v) is 22.4. The SMILES string of the molecule is C[CH2][Sn]([CH2]C)([O]S(=O)(=O)CC12CCC(CC1=O)C2(C)C)[O]S(=O)(=O)CC12CCC(CC1=O)C2(C)C. The van der Waals surface area contributed by atoms with Crippen LogP contribution in [0.5, 0.6) is 0 Å². The third-order valence-corrected chi connectivity index (χ3v) is 29.3. The molecule has 0 heterocycles. The molecule has 0 aliphatic heterocycles. The van der Waals surface area contributed by atoms with Gasteiger partial charge in [-0.1, -0.05) is 0 Å². The van der Waals surface area contributed by atoms with Crippen LogP contribution in [0.4, 0.5) is 0 Å². The van der Waals surface area contributed by atoms with Crippen LogP contribution in [-0.2, 0) is 34.9 Å². The predicted molar refractivity (Wildman–Crippen MR) is 134 cm³/mol. The van der Waals surface area contributed by atoms with Gasteiger partial charge in [0.2, 0.25) is 0 Å². The van der Waals surface area contributed by atoms with Gasteiger partial charge in [-0.25, -0.2) is 0 Å². The van der Waals surface area contributed by atoms with Crippen LogP contribution in [0.25, 0.3) is 0 Å². The van der Waals surface area contributed by atoms with Gasteiger partial charge in [0.25, 0.3) is 0 Å². The van der Waals surface area contributed by atoms with Gasteiger partial charge in [-0.15, -0.1) is 0 Å². The maximum absolute atomic E-state index is 13.4. The summed E-state index contributed by atoms with van der Waals surface area (Å²) in [6.07, 6.45) is 3.40. The van der Waals surface area contributed by atoms with Gasteiger partial charge in [-0.05, 0) is 0 Å². The van der Waals surface area contributed by atoms with Crippen molar-refractivity contribution in [1.82, 2.24) is 0 Å². The molecule has 4 atom stereocenters. The van der Waals surface area contributed by atoms with Crippen molar-refractivity contribution < 1.29 is 31.5 Å². The number of ketones is 2. The number of hydrogen-bond acceptors (Lipinski definition) is 8. The second-order valence-electron chi connectivity index (χ2n) is 12.5. The van der Waals surface area contributed by atoms with Crippen molar-refractivity contribution >= 4 is 51.0 Å². The molecule has 0 saturated heterocycles. The van der Waals surface area contributed by atoms with Gasteiger partial charge in [-0.3, -0.25) is 0 Å². The Morgan fingerprint density at radius 2 is 1.09 bits per heavy atom. The van der Waals surface area contributed by atoms with E-state index < -0.39 is 72.6 Å². The van der Waals surface area contributed by atoms with Crippen molar-refractivity contribution in [2.24, 2.45) is 33.5 Å². The average Bonchev–Trinajstić information content (AvgIpc) is 3.25. The van der Waals surface area contributed by atoms with Crippen molar-refractivity contribution in [2.75, 3.05) is 11.5 Å². The molecule has 0 amide bonds. The molecule has 200 valence electrons. The van der Waals surface area contributed by atoms with E-state index in [1.165, 1.54) is 0 Å². The van der Waals surface area contributed by atoms with Crippen LogP contribution in [0.2, 0.25) is 8.87 Å². The van der Waals surface area contributed by atoms with E-state index in [9.17, 15) is 26.4 Å². The molecule has 4 saturated carbocycles. The van der Waals surface area contributed by atoms with Gasteiger partial charge in [0.1, 0.15) is 0 Å². The molecule has 35 heavy (non-hydrogen) atoms. The summed E-state index contributed by atoms with van der Waals surface area (Å²) < 4.78 is 65.5. The van der Waals surface area contributed by atoms with Crippen molar-refractivity contribution in [3.05, 3.63) is 0 Å². The van der Waals surface area contributed by atoms with E-state index in [1.807, 2.05) is 27.7 Å². The molecule has 4 bridgehead atoms. The molecular formula is C24H40O8S2Sn. The molecule has 0 spiro atoms. The monoisotopic (exact) mass is 640 g/mol. The molecule has 0 aromatic carbocycles. The Bertz CT molecular complexity index is 1050. The number of hydrogen-bond donors (Lipinski definition) is 0. The van der Waals surface area contributed by atoms with Crippen LogP contribution < -0.4 is 0 Å². The summed E-state index contributed by atoms with van der Waals surface area (Å²) in [5.74, 6) is -0.609. The van der Waals surface area contributed by atoms with Gasteiger partial charge in [0, 0.05) is 0 Å². The third kappa shape index (κ3) is 4.10. The quantitative estimate of drug-likeness (QED) is 0.330. The van der Waals surface area contributed by atoms with E-state index in [4.69, 9.17) is 5.04 Å². The Kier molecular flexibility index (Phi) is 6.78. The summed E-state index contributed by atoms with van der Waals surface area (Å²) in [7, 11) is -8.45. The normalized spacial score (nSPS) is 35.8. The standard InChI is InChI=1S/2C10H16O4S.2C2H5.Sn/c2*1-9(2)7-3-4-10(9,8(11)5-7)6-15(12,13)14;2*1-2;/h2*7H,3-6H2,1-2H3,(H,12,13,14);2*1H2,2H3;/q;;;;+2/p-2. The fourth-order valence-corrected chi connectivity index (χ4v) is 27.1. The molecule has 0 aromatic heterocycles. The summed E-state index contributed by atoms with van der Waals surface area (Å²) in [5, 5.41) is 0. The van der Waals surface area contributed by atoms with Crippen LogP contribution in [-0.4, -0.2) is 59.1 Å². The van der Waals surface area contributed by atoms with E-state index in [1.54, 1.807) is 13.8 Å². The van der Waals surface area contributed by atoms with E-state index in [0.29, 0.717) is 25.7 Å². The van der Waals surface area contributed by atoms with E-state index in [2.05, 4.69) is 0 Å². The number of carbonyl (C=O) groups is 2. The number of fused-ring (bicyclic) bond motifs is 4. The molecule has 4 unspecified atom stereocenters. The second kappa shape index (κ2) is 8.48. The first kappa shape index (κ1) is 28.0. The molecule has 4 rings (SSSR count). The first-order valence-electron chi connectivity index (χ1n) is 12.8. The molecule has 8 nitrogen and oxygen atoms in total. The fourth-order valence-electron chi connectivity index (χ4n) is 7.84. The average molecular weight is 639 g/mol. The summed E-state index contributed by atoms with van der Waals surface area (Å²) in [6, 6.07) is 0. The summed E-state index contributed by atoms with van der Waals surface area (Å²) in [5.41, 5.74) is -2.88. The zero-order valence-electron chi connectivity index (χ0n) is 21.8. The van der Waals surface area contributed by atoms with E-state index in [-0.39, 0.29) is 32.3 Å². The topological polar surface area (TPSA) is 121 Å². The molecule has 4 fully saturated rings. The van der Waals surface area contributed by atoms with Gasteiger partial charge >= 0.3 is 216 Å². The van der Waals surface area contributed by atoms with Crippen molar-refractivity contribution in [3.8, 4) is 0 Å². The molecule has 0 N–H and O–H groups in total. The third-order valence-electron chi connectivity index (χ3n) is 10.8. The Balaban J connectivity index is 1.57. The van der Waals surface area contributed by atoms with Gasteiger partial charge in [0.05, 0.1) is 0 Å². The van der Waals surface area contributed by atoms with Crippen LogP contribution in [0, 0.1) is 33.5 Å². The summed E-state index contributed by atoms with van der Waals surface area (Å²) in [6.45, 7) is 11.2. The van der Waals surface area contributed by atoms with Crippen LogP contribution in [0.3, 0.4) is 0 Å². The minimum atomic E-state index is -4.70. The first-order chi connectivity index (χ1) is 15.9. The Labute approximate surface area is 215 Å². The molecule has 4 aliphatic rings. The van der Waals surface area contributed by atoms with Crippen molar-refractivity contribution in [2.45, 2.75) is 88.9 Å². The molecule has 0 aromatic rings. The fraction of sp³-hybridized carbons (Fsp3) is 0.917. The number of Topliss-reactive ketones (excluding diaryl/α,β-unsaturated/α-hetero) is 2. The molecule has 4 aliphatic carbocycles. The van der Waals surface area contributed by atoms with Gasteiger partial charge in [-0.2, -0.15) is 0 Å². The van der Waals surface area contributed by atoms with Crippen LogP contribution in [0.15, 0.2) is 0 Å². The van der Waals surface area contributed by atoms with Crippen LogP contribution in [0.1, 0.15) is 80.1 Å². The minimum absolute atomic E-state index is 0.0369. The maximum atomic E-state index is 13.4. The van der Waals surface area contributed by atoms with Gasteiger partial charge in [0.15, 0.2) is 0 Å². The van der Waals surface area contributed by atoms with Crippen molar-refractivity contribution in [3.63, 3.8) is 0 Å². The predicted octanol–water partition coefficient (Wildman–Crippen LogP) is 3.95. The van der Waals surface area contributed by atoms with Crippen LogP contribution >= 0.6 is 0 Å². The number of rotatable bonds is 10. The van der Waals surface area contributed by atoms with Gasteiger partial charge < -0.3 is 0 Å². The molecule has 11 heteroatoms. The molecule has 0 radical (unpaired) electrons. The molecular weight excluding hydrogens is 599 g/mol. The van der Waals surface area contributed by atoms with E-state index >= 15 is 0 Å². The number of carbonyl (C=O) groups excluding carboxylic acids is 2. The van der Waals surface area contributed by atoms with E-state index in [0.717, 1.165) is 12.8 Å². The Hall–Kier alpha value is -0.0413. The zero-order valence-corrected chi connectivity index (χ0v) is 26.3.